The molecule has 0 aromatic heterocycles. The third kappa shape index (κ3) is 3.80. The third-order valence-corrected chi connectivity index (χ3v) is 3.59. The lowest BCUT2D eigenvalue weighted by Crippen LogP contribution is -2.33. The topological polar surface area (TPSA) is 38.3 Å². The molecule has 0 atom stereocenters. The van der Waals surface area contributed by atoms with E-state index < -0.39 is 0 Å². The number of nitrogens with one attached hydrogen (secondary N) is 1. The predicted octanol–water partition coefficient (Wildman–Crippen LogP) is 2.89. The normalized spacial score (nSPS) is 17.2. The zero-order valence-corrected chi connectivity index (χ0v) is 12.0. The molecule has 19 heavy (non-hydrogen) atoms. The molecule has 1 heterocycles. The third-order valence-electron chi connectivity index (χ3n) is 3.59. The van der Waals surface area contributed by atoms with Crippen molar-refractivity contribution in [2.45, 2.75) is 39.0 Å². The molecule has 0 spiro atoms. The number of hydrogen-bond acceptors (Lipinski definition) is 3. The average Bonchev–Trinajstić information content (AvgIpc) is 2.39. The zero-order valence-electron chi connectivity index (χ0n) is 12.0. The summed E-state index contributed by atoms with van der Waals surface area (Å²) in [6, 6.07) is 7.85. The molecule has 104 valence electrons. The molecule has 0 amide bonds. The first-order chi connectivity index (χ1) is 8.97. The van der Waals surface area contributed by atoms with E-state index in [0.717, 1.165) is 25.9 Å². The van der Waals surface area contributed by atoms with E-state index in [1.807, 2.05) is 18.2 Å². The number of carbonyl (C=O) groups excluding carboxylic acids is 1. The van der Waals surface area contributed by atoms with Gasteiger partial charge in [-0.25, -0.2) is 0 Å². The molecule has 1 aromatic rings. The first kappa shape index (κ1) is 14.1. The molecule has 1 N–H and O–H groups in total. The van der Waals surface area contributed by atoms with Gasteiger partial charge in [0.25, 0.3) is 0 Å². The van der Waals surface area contributed by atoms with Gasteiger partial charge in [-0.1, -0.05) is 32.9 Å². The van der Waals surface area contributed by atoms with E-state index >= 15 is 0 Å². The predicted molar refractivity (Wildman–Crippen MR) is 76.4 cm³/mol. The number of rotatable bonds is 2. The highest BCUT2D eigenvalue weighted by atomic mass is 16.5. The van der Waals surface area contributed by atoms with Gasteiger partial charge < -0.3 is 10.1 Å². The van der Waals surface area contributed by atoms with Crippen LogP contribution in [-0.2, 0) is 10.2 Å². The maximum absolute atomic E-state index is 12.1. The summed E-state index contributed by atoms with van der Waals surface area (Å²) in [6.45, 7) is 8.27. The lowest BCUT2D eigenvalue weighted by atomic mass is 9.87. The van der Waals surface area contributed by atoms with Crippen LogP contribution in [0.15, 0.2) is 24.3 Å². The van der Waals surface area contributed by atoms with Crippen LogP contribution in [0.4, 0.5) is 0 Å². The van der Waals surface area contributed by atoms with E-state index in [0.29, 0.717) is 5.75 Å². The van der Waals surface area contributed by atoms with Crippen molar-refractivity contribution in [2.24, 2.45) is 5.92 Å². The largest absolute Gasteiger partial charge is 0.426 e. The van der Waals surface area contributed by atoms with Crippen molar-refractivity contribution < 1.29 is 9.53 Å². The number of ether oxygens (including phenoxy) is 1. The van der Waals surface area contributed by atoms with Gasteiger partial charge >= 0.3 is 5.97 Å². The first-order valence-corrected chi connectivity index (χ1v) is 7.00. The minimum atomic E-state index is -0.0902. The number of piperidine rings is 1. The van der Waals surface area contributed by atoms with Crippen LogP contribution in [0.25, 0.3) is 0 Å². The second kappa shape index (κ2) is 5.74. The number of esters is 1. The lowest BCUT2D eigenvalue weighted by Gasteiger charge is -2.22. The van der Waals surface area contributed by atoms with Crippen LogP contribution in [0.3, 0.4) is 0 Å². The monoisotopic (exact) mass is 261 g/mol. The van der Waals surface area contributed by atoms with Gasteiger partial charge in [-0.3, -0.25) is 4.79 Å². The fourth-order valence-corrected chi connectivity index (χ4v) is 2.28. The van der Waals surface area contributed by atoms with Crippen molar-refractivity contribution in [3.63, 3.8) is 0 Å². The summed E-state index contributed by atoms with van der Waals surface area (Å²) in [7, 11) is 0. The highest BCUT2D eigenvalue weighted by molar-refractivity contribution is 5.75. The Hall–Kier alpha value is -1.35. The van der Waals surface area contributed by atoms with Crippen LogP contribution >= 0.6 is 0 Å². The Kier molecular flexibility index (Phi) is 4.25. The van der Waals surface area contributed by atoms with Crippen LogP contribution in [0.2, 0.25) is 0 Å². The Morgan fingerprint density at radius 2 is 1.95 bits per heavy atom. The van der Waals surface area contributed by atoms with E-state index in [4.69, 9.17) is 4.74 Å². The highest BCUT2D eigenvalue weighted by Crippen LogP contribution is 2.26. The molecule has 0 bridgehead atoms. The van der Waals surface area contributed by atoms with Gasteiger partial charge in [0.05, 0.1) is 5.92 Å². The van der Waals surface area contributed by atoms with Crippen molar-refractivity contribution >= 4 is 5.97 Å². The molecular formula is C16H23NO2. The molecule has 0 radical (unpaired) electrons. The second-order valence-corrected chi connectivity index (χ2v) is 6.22. The molecule has 0 aliphatic carbocycles. The molecule has 3 nitrogen and oxygen atoms in total. The molecule has 1 aliphatic heterocycles. The van der Waals surface area contributed by atoms with Gasteiger partial charge in [0, 0.05) is 0 Å². The first-order valence-electron chi connectivity index (χ1n) is 7.00. The Bertz CT molecular complexity index is 442. The number of carbonyl (C=O) groups is 1. The fourth-order valence-electron chi connectivity index (χ4n) is 2.28. The summed E-state index contributed by atoms with van der Waals surface area (Å²) in [6.07, 6.45) is 1.75. The van der Waals surface area contributed by atoms with Gasteiger partial charge in [0.1, 0.15) is 5.75 Å². The summed E-state index contributed by atoms with van der Waals surface area (Å²) in [5.41, 5.74) is 1.25. The van der Waals surface area contributed by atoms with E-state index in [-0.39, 0.29) is 17.3 Å². The van der Waals surface area contributed by atoms with Crippen LogP contribution < -0.4 is 10.1 Å². The SMILES string of the molecule is CC(C)(C)c1cccc(OC(=O)C2CCNCC2)c1. The average molecular weight is 261 g/mol. The maximum atomic E-state index is 12.1. The molecule has 1 fully saturated rings. The number of hydrogen-bond donors (Lipinski definition) is 1. The Labute approximate surface area is 115 Å². The summed E-state index contributed by atoms with van der Waals surface area (Å²) in [4.78, 5) is 12.1. The van der Waals surface area contributed by atoms with Crippen LogP contribution in [0.5, 0.6) is 5.75 Å². The summed E-state index contributed by atoms with van der Waals surface area (Å²) >= 11 is 0. The lowest BCUT2D eigenvalue weighted by molar-refractivity contribution is -0.139. The molecule has 0 unspecified atom stereocenters. The van der Waals surface area contributed by atoms with Gasteiger partial charge in [0.2, 0.25) is 0 Å². The molecule has 3 heteroatoms. The minimum Gasteiger partial charge on any atom is -0.426 e. The minimum absolute atomic E-state index is 0.0412. The van der Waals surface area contributed by atoms with Crippen molar-refractivity contribution in [3.8, 4) is 5.75 Å². The molecule has 0 saturated carbocycles. The molecule has 1 saturated heterocycles. The fraction of sp³-hybridized carbons (Fsp3) is 0.562. The maximum Gasteiger partial charge on any atom is 0.314 e. The van der Waals surface area contributed by atoms with Gasteiger partial charge in [0.15, 0.2) is 0 Å². The smallest absolute Gasteiger partial charge is 0.314 e. The van der Waals surface area contributed by atoms with Crippen molar-refractivity contribution in [2.75, 3.05) is 13.1 Å². The van der Waals surface area contributed by atoms with Gasteiger partial charge in [-0.05, 0) is 49.0 Å². The molecular weight excluding hydrogens is 238 g/mol. The Morgan fingerprint density at radius 3 is 2.58 bits per heavy atom. The van der Waals surface area contributed by atoms with E-state index in [1.165, 1.54) is 5.56 Å². The quantitative estimate of drug-likeness (QED) is 0.657. The summed E-state index contributed by atoms with van der Waals surface area (Å²) in [5.74, 6) is 0.614. The Balaban J connectivity index is 2.04. The standard InChI is InChI=1S/C16H23NO2/c1-16(2,3)13-5-4-6-14(11-13)19-15(18)12-7-9-17-10-8-12/h4-6,11-12,17H,7-10H2,1-3H3. The Morgan fingerprint density at radius 1 is 1.26 bits per heavy atom. The van der Waals surface area contributed by atoms with Crippen LogP contribution in [0.1, 0.15) is 39.2 Å². The summed E-state index contributed by atoms with van der Waals surface area (Å²) in [5, 5.41) is 3.25. The van der Waals surface area contributed by atoms with E-state index in [9.17, 15) is 4.79 Å². The second-order valence-electron chi connectivity index (χ2n) is 6.22. The van der Waals surface area contributed by atoms with E-state index in [2.05, 4.69) is 32.2 Å². The molecule has 1 aliphatic rings. The van der Waals surface area contributed by atoms with Crippen LogP contribution in [-0.4, -0.2) is 19.1 Å². The van der Waals surface area contributed by atoms with Crippen LogP contribution in [0, 0.1) is 5.92 Å². The van der Waals surface area contributed by atoms with Crippen molar-refractivity contribution in [1.29, 1.82) is 0 Å². The molecule has 1 aromatic carbocycles. The van der Waals surface area contributed by atoms with Gasteiger partial charge in [-0.15, -0.1) is 0 Å². The summed E-state index contributed by atoms with van der Waals surface area (Å²) < 4.78 is 5.52. The zero-order chi connectivity index (χ0) is 13.9. The van der Waals surface area contributed by atoms with Gasteiger partial charge in [-0.2, -0.15) is 0 Å². The molecule has 2 rings (SSSR count). The highest BCUT2D eigenvalue weighted by Gasteiger charge is 2.23. The number of benzene rings is 1. The van der Waals surface area contributed by atoms with Crippen molar-refractivity contribution in [1.82, 2.24) is 5.32 Å². The van der Waals surface area contributed by atoms with Crippen molar-refractivity contribution in [3.05, 3.63) is 29.8 Å². The van der Waals surface area contributed by atoms with E-state index in [1.54, 1.807) is 0 Å².